The van der Waals surface area contributed by atoms with Crippen LogP contribution in [0.1, 0.15) is 10.4 Å². The maximum Gasteiger partial charge on any atom is 0.338 e. The number of hydrogen-bond acceptors (Lipinski definition) is 26. The number of anilines is 4. The first-order valence-electron chi connectivity index (χ1n) is 18.0. The fourth-order valence-electron chi connectivity index (χ4n) is 5.62. The maximum absolute atomic E-state index is 12.9. The summed E-state index contributed by atoms with van der Waals surface area (Å²) in [6.45, 7) is -0.355. The van der Waals surface area contributed by atoms with Gasteiger partial charge in [-0.05, 0) is 66.2 Å². The summed E-state index contributed by atoms with van der Waals surface area (Å²) in [6.07, 6.45) is 0. The number of pyridine rings is 1. The van der Waals surface area contributed by atoms with Gasteiger partial charge in [0.25, 0.3) is 25.8 Å². The number of nitrogens with zero attached hydrogens (tertiary/aromatic N) is 7. The number of carboxylic acids is 1. The predicted octanol–water partition coefficient (Wildman–Crippen LogP) is 5.49. The Labute approximate surface area is 410 Å². The van der Waals surface area contributed by atoms with Crippen molar-refractivity contribution >= 4 is 140 Å². The van der Waals surface area contributed by atoms with Gasteiger partial charge in [0, 0.05) is 27.4 Å². The van der Waals surface area contributed by atoms with Crippen molar-refractivity contribution in [3.63, 3.8) is 0 Å². The molecular weight excluding hydrogens is 1100 g/mol. The zero-order chi connectivity index (χ0) is 51.9. The van der Waals surface area contributed by atoms with E-state index in [0.717, 1.165) is 48.5 Å². The molecule has 6 rings (SSSR count). The number of azo groups is 2. The number of carbonyl (C=O) groups is 1. The van der Waals surface area contributed by atoms with Crippen molar-refractivity contribution in [3.8, 4) is 11.6 Å². The minimum absolute atomic E-state index is 0.00524. The minimum Gasteiger partial charge on any atom is -0.505 e. The summed E-state index contributed by atoms with van der Waals surface area (Å²) >= 11 is -1.58. The Balaban J connectivity index is 1.29. The van der Waals surface area contributed by atoms with E-state index in [2.05, 4.69) is 55.4 Å². The normalized spacial score (nSPS) is 13.4. The van der Waals surface area contributed by atoms with Crippen molar-refractivity contribution in [2.45, 2.75) is 24.5 Å². The number of aromatic hydroxyl groups is 2. The Bertz CT molecular complexity index is 3530. The van der Waals surface area contributed by atoms with Gasteiger partial charge in [-0.1, -0.05) is 5.04 Å². The molecule has 2 aromatic heterocycles. The number of hydrogen-bond donors (Lipinski definition) is 11. The second-order valence-corrected chi connectivity index (χ2v) is 19.8. The molecule has 38 heteroatoms. The number of phenolic OH excluding ortho intramolecular Hbond substituents is 1. The van der Waals surface area contributed by atoms with Crippen molar-refractivity contribution in [2.24, 2.45) is 20.5 Å². The molecule has 71 heavy (non-hydrogen) atoms. The maximum atomic E-state index is 12.9. The van der Waals surface area contributed by atoms with Crippen LogP contribution in [0.5, 0.6) is 11.6 Å². The number of carboxylic acid groups (broad SMARTS) is 1. The lowest BCUT2D eigenvalue weighted by atomic mass is 10.1. The van der Waals surface area contributed by atoms with Gasteiger partial charge in [-0.15, -0.1) is 24.8 Å². The van der Waals surface area contributed by atoms with Crippen LogP contribution in [0, 0.1) is 0 Å². The van der Waals surface area contributed by atoms with E-state index in [1.807, 2.05) is 4.98 Å². The van der Waals surface area contributed by atoms with Gasteiger partial charge in [-0.3, -0.25) is 18.9 Å². The molecule has 0 bridgehead atoms. The number of rotatable bonds is 21. The van der Waals surface area contributed by atoms with Gasteiger partial charge >= 0.3 is 5.97 Å². The van der Waals surface area contributed by atoms with Crippen molar-refractivity contribution < 1.29 is 91.6 Å². The number of aromatic amines is 1. The van der Waals surface area contributed by atoms with Gasteiger partial charge in [0.15, 0.2) is 44.7 Å². The third-order valence-electron chi connectivity index (χ3n) is 8.47. The third-order valence-corrected chi connectivity index (χ3v) is 13.2. The number of halogens is 1. The molecular formula is C33H25ClN10O21S6. The molecule has 4 aromatic carbocycles. The van der Waals surface area contributed by atoms with Crippen LogP contribution in [0.3, 0.4) is 0 Å². The summed E-state index contributed by atoms with van der Waals surface area (Å²) in [5.74, 6) is -4.82. The van der Waals surface area contributed by atoms with Crippen LogP contribution in [0.4, 0.5) is 46.0 Å². The van der Waals surface area contributed by atoms with Crippen LogP contribution in [-0.2, 0) is 72.1 Å². The lowest BCUT2D eigenvalue weighted by Crippen LogP contribution is -2.09. The lowest BCUT2D eigenvalue weighted by Gasteiger charge is -2.15. The first kappa shape index (κ1) is 53.9. The summed E-state index contributed by atoms with van der Waals surface area (Å²) in [6, 6.07) is 9.75. The molecule has 376 valence electrons. The Hall–Kier alpha value is -6.40. The lowest BCUT2D eigenvalue weighted by molar-refractivity contribution is -0.435. The van der Waals surface area contributed by atoms with E-state index in [1.54, 1.807) is 0 Å². The standard InChI is InChI=1S/C33H25ClN10O21S6/c34-31-38-32(35-13-1-4-18(22(9-13)70(56,57)58)41-43-25-17(30(48)49)12-24(45)37-29(25)47)40-33(39-31)36-20-6-3-15-16(28(20)69(54)55)11-21(68(52)53)26(27(15)46)44-42-19-5-2-14(10-23(19)71(59,60)61)66-64-62-7-8-67(51)65-63-50/h1-6,9-12,46,50H,7-8H2,(H,48,49)(H,52,53)(H,54,55)(H2,37,45,47)(H,56,57,58)(H,59,60,61)(H2,35,36,38,39,40). The fraction of sp³-hybridized carbons (Fsp3) is 0.0606. The van der Waals surface area contributed by atoms with Crippen LogP contribution in [0.15, 0.2) is 110 Å². The topological polar surface area (TPSA) is 480 Å². The number of aromatic nitrogens is 4. The highest BCUT2D eigenvalue weighted by Gasteiger charge is 2.25. The molecule has 11 N–H and O–H groups in total. The quantitative estimate of drug-likeness (QED) is 0.00807. The van der Waals surface area contributed by atoms with Gasteiger partial charge < -0.3 is 35.1 Å². The Kier molecular flexibility index (Phi) is 17.3. The average molecular weight is 1130 g/mol. The molecule has 0 fully saturated rings. The van der Waals surface area contributed by atoms with Crippen LogP contribution in [0.2, 0.25) is 5.28 Å². The third kappa shape index (κ3) is 13.5. The molecule has 3 unspecified atom stereocenters. The summed E-state index contributed by atoms with van der Waals surface area (Å²) in [5.41, 5.74) is -4.89. The molecule has 0 saturated carbocycles. The summed E-state index contributed by atoms with van der Waals surface area (Å²) in [7, 11) is -10.2. The first-order chi connectivity index (χ1) is 33.4. The molecule has 31 nitrogen and oxygen atoms in total. The van der Waals surface area contributed by atoms with Crippen molar-refractivity contribution in [1.29, 1.82) is 0 Å². The van der Waals surface area contributed by atoms with E-state index >= 15 is 0 Å². The van der Waals surface area contributed by atoms with E-state index in [0.29, 0.717) is 18.1 Å². The van der Waals surface area contributed by atoms with Crippen molar-refractivity contribution in [2.75, 3.05) is 23.0 Å². The smallest absolute Gasteiger partial charge is 0.338 e. The van der Waals surface area contributed by atoms with Crippen molar-refractivity contribution in [1.82, 2.24) is 19.9 Å². The van der Waals surface area contributed by atoms with Gasteiger partial charge in [0.1, 0.15) is 26.9 Å². The van der Waals surface area contributed by atoms with E-state index in [-0.39, 0.29) is 39.4 Å². The second kappa shape index (κ2) is 22.8. The Morgan fingerprint density at radius 2 is 1.44 bits per heavy atom. The highest BCUT2D eigenvalue weighted by molar-refractivity contribution is 7.94. The minimum atomic E-state index is -5.12. The molecule has 6 aromatic rings. The summed E-state index contributed by atoms with van der Waals surface area (Å²) < 4.78 is 135. The van der Waals surface area contributed by atoms with Crippen LogP contribution < -0.4 is 16.2 Å². The highest BCUT2D eigenvalue weighted by Crippen LogP contribution is 2.45. The summed E-state index contributed by atoms with van der Waals surface area (Å²) in [4.78, 5) is 38.7. The molecule has 0 aliphatic carbocycles. The number of nitrogens with one attached hydrogen (secondary N) is 3. The summed E-state index contributed by atoms with van der Waals surface area (Å²) in [5, 5.41) is 60.9. The molecule has 0 aliphatic heterocycles. The molecule has 2 heterocycles. The molecule has 0 amide bonds. The van der Waals surface area contributed by atoms with Crippen molar-refractivity contribution in [3.05, 3.63) is 81.9 Å². The van der Waals surface area contributed by atoms with Gasteiger partial charge in [0.05, 0.1) is 45.4 Å². The molecule has 0 spiro atoms. The number of phenols is 1. The number of aromatic carboxylic acids is 1. The molecule has 3 atom stereocenters. The van der Waals surface area contributed by atoms with E-state index < -0.39 is 142 Å². The number of fused-ring (bicyclic) bond motifs is 1. The Morgan fingerprint density at radius 1 is 0.803 bits per heavy atom. The van der Waals surface area contributed by atoms with Gasteiger partial charge in [-0.25, -0.2) is 27.6 Å². The van der Waals surface area contributed by atoms with Gasteiger partial charge in [-0.2, -0.15) is 36.1 Å². The second-order valence-electron chi connectivity index (χ2n) is 12.9. The molecule has 0 radical (unpaired) electrons. The Morgan fingerprint density at radius 3 is 2.06 bits per heavy atom. The molecule has 0 saturated heterocycles. The molecule has 0 aliphatic rings. The van der Waals surface area contributed by atoms with E-state index in [4.69, 9.17) is 26.1 Å². The van der Waals surface area contributed by atoms with E-state index in [1.165, 1.54) is 6.07 Å². The SMILES string of the molecule is O=C(O)c1cc(=O)[nH]c(O)c1N=Nc1ccc(Nc2nc(Cl)nc(Nc3ccc4c(O)c(N=Nc5ccc(SOOCCS(=O)OOO)cc5S(=O)(=O)O)c(S(=O)O)cc4c3S(=O)O)n2)cc1S(=O)(=O)O. The number of H-pyrrole nitrogens is 1. The average Bonchev–Trinajstić information content (AvgIpc) is 3.27. The predicted molar refractivity (Wildman–Crippen MR) is 242 cm³/mol. The van der Waals surface area contributed by atoms with Crippen LogP contribution >= 0.6 is 23.6 Å². The van der Waals surface area contributed by atoms with Crippen LogP contribution in [0.25, 0.3) is 10.8 Å². The monoisotopic (exact) mass is 1120 g/mol. The zero-order valence-corrected chi connectivity index (χ0v) is 39.7. The highest BCUT2D eigenvalue weighted by atomic mass is 35.5. The first-order valence-corrected chi connectivity index (χ1v) is 25.5. The van der Waals surface area contributed by atoms with Crippen LogP contribution in [-0.4, -0.2) is 107 Å². The largest absolute Gasteiger partial charge is 0.505 e. The number of benzene rings is 4. The fourth-order valence-corrected chi connectivity index (χ4v) is 9.16. The van der Waals surface area contributed by atoms with Gasteiger partial charge in [0.2, 0.25) is 23.1 Å². The zero-order valence-electron chi connectivity index (χ0n) is 34.0. The van der Waals surface area contributed by atoms with E-state index in [9.17, 15) is 72.6 Å².